The average molecular weight is 432 g/mol. The third kappa shape index (κ3) is 11.7. The maximum Gasteiger partial charge on any atom is 0.303 e. The largest absolute Gasteiger partial charge is 0.497 e. The Morgan fingerprint density at radius 3 is 2.21 bits per heavy atom. The average Bonchev–Trinajstić information content (AvgIpc) is 2.66. The Morgan fingerprint density at radius 1 is 1.03 bits per heavy atom. The van der Waals surface area contributed by atoms with Gasteiger partial charge in [0.1, 0.15) is 18.1 Å². The van der Waals surface area contributed by atoms with Crippen molar-refractivity contribution in [2.75, 3.05) is 33.1 Å². The van der Waals surface area contributed by atoms with Crippen molar-refractivity contribution in [3.63, 3.8) is 0 Å². The van der Waals surface area contributed by atoms with Gasteiger partial charge in [0.15, 0.2) is 0 Å². The summed E-state index contributed by atoms with van der Waals surface area (Å²) in [6.07, 6.45) is 4.45. The lowest BCUT2D eigenvalue weighted by Crippen LogP contribution is -2.32. The number of aliphatic hydroxyl groups is 1. The summed E-state index contributed by atoms with van der Waals surface area (Å²) < 4.78 is 35.9. The second kappa shape index (κ2) is 13.4. The van der Waals surface area contributed by atoms with E-state index in [1.54, 1.807) is 31.4 Å². The highest BCUT2D eigenvalue weighted by Gasteiger charge is 2.16. The van der Waals surface area contributed by atoms with Crippen LogP contribution in [0.5, 0.6) is 11.5 Å². The molecule has 0 saturated carbocycles. The summed E-state index contributed by atoms with van der Waals surface area (Å²) in [6, 6.07) is 7.06. The highest BCUT2D eigenvalue weighted by Crippen LogP contribution is 2.17. The molecule has 0 aliphatic rings. The molecule has 0 aliphatic heterocycles. The number of aliphatic carboxylic acids is 1. The lowest BCUT2D eigenvalue weighted by Gasteiger charge is -2.20. The first-order valence-electron chi connectivity index (χ1n) is 9.84. The molecule has 1 aromatic carbocycles. The van der Waals surface area contributed by atoms with Gasteiger partial charge in [-0.2, -0.15) is 0 Å². The van der Waals surface area contributed by atoms with Crippen molar-refractivity contribution in [1.29, 1.82) is 0 Å². The molecule has 8 nitrogen and oxygen atoms in total. The summed E-state index contributed by atoms with van der Waals surface area (Å²) in [5.41, 5.74) is 0. The van der Waals surface area contributed by atoms with E-state index in [1.165, 1.54) is 10.6 Å². The molecule has 0 bridgehead atoms. The Hall–Kier alpha value is -1.84. The molecule has 0 saturated heterocycles. The third-order valence-corrected chi connectivity index (χ3v) is 5.77. The molecular formula is C20H33NO7S. The number of carboxylic acids is 1. The van der Waals surface area contributed by atoms with E-state index in [4.69, 9.17) is 14.6 Å². The normalized spacial score (nSPS) is 12.7. The highest BCUT2D eigenvalue weighted by molar-refractivity contribution is 7.88. The molecule has 166 valence electrons. The first-order valence-corrected chi connectivity index (χ1v) is 11.7. The van der Waals surface area contributed by atoms with Gasteiger partial charge in [0.05, 0.1) is 19.5 Å². The summed E-state index contributed by atoms with van der Waals surface area (Å²) >= 11 is 0. The van der Waals surface area contributed by atoms with E-state index in [0.29, 0.717) is 44.5 Å². The van der Waals surface area contributed by atoms with E-state index in [2.05, 4.69) is 0 Å². The van der Waals surface area contributed by atoms with Crippen molar-refractivity contribution in [2.45, 2.75) is 51.0 Å². The predicted octanol–water partition coefficient (Wildman–Crippen LogP) is 2.51. The topological polar surface area (TPSA) is 113 Å². The van der Waals surface area contributed by atoms with Gasteiger partial charge in [-0.05, 0) is 49.9 Å². The lowest BCUT2D eigenvalue weighted by molar-refractivity contribution is -0.137. The predicted molar refractivity (Wildman–Crippen MR) is 111 cm³/mol. The van der Waals surface area contributed by atoms with Gasteiger partial charge in [0.25, 0.3) is 0 Å². The first kappa shape index (κ1) is 25.2. The Balaban J connectivity index is 2.27. The highest BCUT2D eigenvalue weighted by atomic mass is 32.2. The van der Waals surface area contributed by atoms with E-state index in [-0.39, 0.29) is 13.0 Å². The van der Waals surface area contributed by atoms with Crippen LogP contribution in [0.1, 0.15) is 44.9 Å². The molecule has 0 spiro atoms. The number of ether oxygens (including phenoxy) is 2. The van der Waals surface area contributed by atoms with Crippen molar-refractivity contribution in [2.24, 2.45) is 0 Å². The second-order valence-electron chi connectivity index (χ2n) is 7.00. The SMILES string of the molecule is COc1ccc(OCC(O)CCCN(CCCCCCC(=O)O)S(C)(=O)=O)cc1. The number of methoxy groups -OCH3 is 1. The van der Waals surface area contributed by atoms with Gasteiger partial charge >= 0.3 is 5.97 Å². The zero-order valence-electron chi connectivity index (χ0n) is 17.2. The number of hydrogen-bond acceptors (Lipinski definition) is 6. The zero-order valence-corrected chi connectivity index (χ0v) is 18.1. The summed E-state index contributed by atoms with van der Waals surface area (Å²) in [6.45, 7) is 0.882. The summed E-state index contributed by atoms with van der Waals surface area (Å²) in [5.74, 6) is 0.545. The fourth-order valence-corrected chi connectivity index (χ4v) is 3.73. The van der Waals surface area contributed by atoms with E-state index < -0.39 is 22.1 Å². The summed E-state index contributed by atoms with van der Waals surface area (Å²) in [5, 5.41) is 18.7. The third-order valence-electron chi connectivity index (χ3n) is 4.46. The van der Waals surface area contributed by atoms with Crippen LogP contribution < -0.4 is 9.47 Å². The van der Waals surface area contributed by atoms with Crippen LogP contribution in [0.25, 0.3) is 0 Å². The number of aliphatic hydroxyl groups excluding tert-OH is 1. The number of sulfonamides is 1. The molecule has 0 amide bonds. The molecule has 1 unspecified atom stereocenters. The van der Waals surface area contributed by atoms with Crippen LogP contribution in [0.15, 0.2) is 24.3 Å². The van der Waals surface area contributed by atoms with Gasteiger partial charge in [0, 0.05) is 19.5 Å². The Morgan fingerprint density at radius 2 is 1.62 bits per heavy atom. The second-order valence-corrected chi connectivity index (χ2v) is 8.99. The number of nitrogens with zero attached hydrogens (tertiary/aromatic N) is 1. The molecule has 0 radical (unpaired) electrons. The van der Waals surface area contributed by atoms with Crippen molar-refractivity contribution >= 4 is 16.0 Å². The van der Waals surface area contributed by atoms with E-state index in [1.807, 2.05) is 0 Å². The van der Waals surface area contributed by atoms with Crippen molar-refractivity contribution in [3.8, 4) is 11.5 Å². The molecular weight excluding hydrogens is 398 g/mol. The maximum atomic E-state index is 11.9. The van der Waals surface area contributed by atoms with Crippen LogP contribution in [-0.4, -0.2) is 68.1 Å². The maximum absolute atomic E-state index is 11.9. The Bertz CT molecular complexity index is 691. The summed E-state index contributed by atoms with van der Waals surface area (Å²) in [7, 11) is -1.73. The molecule has 2 N–H and O–H groups in total. The van der Waals surface area contributed by atoms with Gasteiger partial charge in [-0.1, -0.05) is 12.8 Å². The van der Waals surface area contributed by atoms with E-state index >= 15 is 0 Å². The van der Waals surface area contributed by atoms with Gasteiger partial charge in [-0.25, -0.2) is 12.7 Å². The van der Waals surface area contributed by atoms with Gasteiger partial charge in [0.2, 0.25) is 10.0 Å². The van der Waals surface area contributed by atoms with Gasteiger partial charge in [-0.15, -0.1) is 0 Å². The van der Waals surface area contributed by atoms with Crippen LogP contribution in [0.2, 0.25) is 0 Å². The van der Waals surface area contributed by atoms with Crippen LogP contribution in [0.3, 0.4) is 0 Å². The molecule has 0 heterocycles. The monoisotopic (exact) mass is 431 g/mol. The van der Waals surface area contributed by atoms with Gasteiger partial charge < -0.3 is 19.7 Å². The number of carboxylic acid groups (broad SMARTS) is 1. The minimum atomic E-state index is -3.32. The number of unbranched alkanes of at least 4 members (excludes halogenated alkanes) is 3. The fraction of sp³-hybridized carbons (Fsp3) is 0.650. The molecule has 0 fully saturated rings. The lowest BCUT2D eigenvalue weighted by atomic mass is 10.1. The minimum Gasteiger partial charge on any atom is -0.497 e. The van der Waals surface area contributed by atoms with Crippen molar-refractivity contribution < 1.29 is 32.9 Å². The zero-order chi connectivity index (χ0) is 21.7. The Kier molecular flexibility index (Phi) is 11.6. The van der Waals surface area contributed by atoms with E-state index in [9.17, 15) is 18.3 Å². The standard InChI is InChI=1S/C20H33NO7S/c1-27-18-10-12-19(13-11-18)28-16-17(22)8-7-15-21(29(2,25)26)14-6-4-3-5-9-20(23)24/h10-13,17,22H,3-9,14-16H2,1-2H3,(H,23,24). The molecule has 29 heavy (non-hydrogen) atoms. The van der Waals surface area contributed by atoms with Crippen molar-refractivity contribution in [1.82, 2.24) is 4.31 Å². The molecule has 0 aromatic heterocycles. The molecule has 0 aliphatic carbocycles. The molecule has 9 heteroatoms. The van der Waals surface area contributed by atoms with E-state index in [0.717, 1.165) is 18.6 Å². The molecule has 1 rings (SSSR count). The molecule has 1 atom stereocenters. The number of hydrogen-bond donors (Lipinski definition) is 2. The fourth-order valence-electron chi connectivity index (χ4n) is 2.81. The molecule has 1 aromatic rings. The van der Waals surface area contributed by atoms with Crippen LogP contribution in [0, 0.1) is 0 Å². The Labute approximate surface area is 173 Å². The van der Waals surface area contributed by atoms with Crippen LogP contribution >= 0.6 is 0 Å². The number of rotatable bonds is 16. The summed E-state index contributed by atoms with van der Waals surface area (Å²) in [4.78, 5) is 10.5. The quantitative estimate of drug-likeness (QED) is 0.387. The number of benzene rings is 1. The first-order chi connectivity index (χ1) is 13.7. The number of carbonyl (C=O) groups is 1. The van der Waals surface area contributed by atoms with Crippen LogP contribution in [0.4, 0.5) is 0 Å². The van der Waals surface area contributed by atoms with Crippen LogP contribution in [-0.2, 0) is 14.8 Å². The van der Waals surface area contributed by atoms with Crippen molar-refractivity contribution in [3.05, 3.63) is 24.3 Å². The smallest absolute Gasteiger partial charge is 0.303 e. The van der Waals surface area contributed by atoms with Gasteiger partial charge in [-0.3, -0.25) is 4.79 Å². The minimum absolute atomic E-state index is 0.134.